The van der Waals surface area contributed by atoms with Crippen LogP contribution in [0.1, 0.15) is 18.1 Å². The molecule has 10 heteroatoms. The van der Waals surface area contributed by atoms with Gasteiger partial charge in [0.2, 0.25) is 0 Å². The van der Waals surface area contributed by atoms with Crippen molar-refractivity contribution < 1.29 is 23.7 Å². The van der Waals surface area contributed by atoms with Gasteiger partial charge in [-0.25, -0.2) is 0 Å². The number of carbonyl (C=O) groups excluding carboxylic acids is 1. The van der Waals surface area contributed by atoms with Crippen LogP contribution in [0.5, 0.6) is 23.0 Å². The summed E-state index contributed by atoms with van der Waals surface area (Å²) in [6, 6.07) is 20.4. The van der Waals surface area contributed by atoms with E-state index in [-0.39, 0.29) is 24.6 Å². The molecular weight excluding hydrogens is 550 g/mol. The van der Waals surface area contributed by atoms with Crippen LogP contribution in [0.25, 0.3) is 11.8 Å². The summed E-state index contributed by atoms with van der Waals surface area (Å²) >= 11 is 7.92. The molecular formula is C30H26ClN3O5S. The van der Waals surface area contributed by atoms with Gasteiger partial charge in [0.25, 0.3) is 5.91 Å². The van der Waals surface area contributed by atoms with Gasteiger partial charge in [-0.2, -0.15) is 4.99 Å². The Bertz CT molecular complexity index is 1520. The third-order valence-corrected chi connectivity index (χ3v) is 7.09. The number of rotatable bonds is 10. The van der Waals surface area contributed by atoms with Crippen molar-refractivity contribution in [2.24, 2.45) is 4.99 Å². The van der Waals surface area contributed by atoms with Gasteiger partial charge in [0.05, 0.1) is 30.0 Å². The van der Waals surface area contributed by atoms with Gasteiger partial charge in [0.1, 0.15) is 30.5 Å². The molecule has 0 unspecified atom stereocenters. The molecule has 2 aliphatic rings. The standard InChI is InChI=1S/C30H26ClN3O5S/c1-3-37-26-17-19(16-24(31)27(26)39-14-13-38-22-11-9-21(36-2)10-12-22)15-23-28(32)34-25(20-7-5-4-6-8-20)18-40-30(34)33-29(23)35/h4-12,15-18,32H,3,13-14H2,1-2H3/b23-15-,32-28?. The fourth-order valence-electron chi connectivity index (χ4n) is 4.13. The van der Waals surface area contributed by atoms with Gasteiger partial charge in [-0.3, -0.25) is 15.1 Å². The summed E-state index contributed by atoms with van der Waals surface area (Å²) in [5.74, 6) is 1.79. The van der Waals surface area contributed by atoms with Crippen molar-refractivity contribution in [1.82, 2.24) is 4.90 Å². The number of methoxy groups -OCH3 is 1. The molecule has 5 rings (SSSR count). The molecule has 204 valence electrons. The second-order valence-corrected chi connectivity index (χ2v) is 9.81. The first kappa shape index (κ1) is 27.4. The Kier molecular flexibility index (Phi) is 8.42. The molecule has 2 heterocycles. The van der Waals surface area contributed by atoms with Crippen molar-refractivity contribution >= 4 is 52.0 Å². The second-order valence-electron chi connectivity index (χ2n) is 8.56. The van der Waals surface area contributed by atoms with E-state index in [1.54, 1.807) is 30.2 Å². The Hall–Kier alpha value is -4.21. The van der Waals surface area contributed by atoms with Gasteiger partial charge in [-0.05, 0) is 60.5 Å². The number of nitrogens with one attached hydrogen (secondary N) is 1. The zero-order valence-electron chi connectivity index (χ0n) is 21.8. The van der Waals surface area contributed by atoms with Crippen molar-refractivity contribution in [3.63, 3.8) is 0 Å². The highest BCUT2D eigenvalue weighted by Crippen LogP contribution is 2.40. The van der Waals surface area contributed by atoms with E-state index < -0.39 is 5.91 Å². The minimum absolute atomic E-state index is 0.0418. The number of amidine groups is 2. The summed E-state index contributed by atoms with van der Waals surface area (Å²) in [6.07, 6.45) is 1.60. The number of ether oxygens (including phenoxy) is 4. The van der Waals surface area contributed by atoms with Crippen LogP contribution in [0.2, 0.25) is 5.02 Å². The maximum absolute atomic E-state index is 12.9. The van der Waals surface area contributed by atoms with Crippen LogP contribution in [-0.2, 0) is 4.79 Å². The average Bonchev–Trinajstić information content (AvgIpc) is 3.39. The number of carbonyl (C=O) groups is 1. The Balaban J connectivity index is 1.34. The number of hydrogen-bond donors (Lipinski definition) is 1. The lowest BCUT2D eigenvalue weighted by atomic mass is 10.1. The van der Waals surface area contributed by atoms with E-state index >= 15 is 0 Å². The molecule has 2 aliphatic heterocycles. The molecule has 0 saturated carbocycles. The lowest BCUT2D eigenvalue weighted by Crippen LogP contribution is -2.38. The highest BCUT2D eigenvalue weighted by atomic mass is 35.5. The summed E-state index contributed by atoms with van der Waals surface area (Å²) in [7, 11) is 1.61. The Morgan fingerprint density at radius 2 is 1.73 bits per heavy atom. The number of benzene rings is 3. The molecule has 3 aromatic rings. The van der Waals surface area contributed by atoms with Crippen molar-refractivity contribution in [2.75, 3.05) is 26.9 Å². The van der Waals surface area contributed by atoms with E-state index in [2.05, 4.69) is 4.99 Å². The molecule has 1 N–H and O–H groups in total. The van der Waals surface area contributed by atoms with E-state index in [0.717, 1.165) is 17.0 Å². The normalized spacial score (nSPS) is 15.5. The van der Waals surface area contributed by atoms with Gasteiger partial charge < -0.3 is 18.9 Å². The minimum Gasteiger partial charge on any atom is -0.497 e. The van der Waals surface area contributed by atoms with Crippen molar-refractivity contribution in [3.8, 4) is 23.0 Å². The quantitative estimate of drug-likeness (QED) is 0.217. The number of thioether (sulfide) groups is 1. The van der Waals surface area contributed by atoms with E-state index in [9.17, 15) is 4.79 Å². The topological polar surface area (TPSA) is 93.4 Å². The van der Waals surface area contributed by atoms with Crippen LogP contribution in [0, 0.1) is 5.41 Å². The molecule has 0 aliphatic carbocycles. The molecule has 3 aromatic carbocycles. The third kappa shape index (κ3) is 5.85. The van der Waals surface area contributed by atoms with E-state index in [4.69, 9.17) is 36.0 Å². The number of aliphatic imine (C=N–C) groups is 1. The van der Waals surface area contributed by atoms with E-state index in [1.165, 1.54) is 11.8 Å². The summed E-state index contributed by atoms with van der Waals surface area (Å²) in [5.41, 5.74) is 2.45. The second kappa shape index (κ2) is 12.3. The van der Waals surface area contributed by atoms with Crippen LogP contribution in [0.4, 0.5) is 0 Å². The van der Waals surface area contributed by atoms with Gasteiger partial charge >= 0.3 is 0 Å². The molecule has 0 fully saturated rings. The number of hydrogen-bond acceptors (Lipinski definition) is 7. The number of amides is 1. The molecule has 0 radical (unpaired) electrons. The van der Waals surface area contributed by atoms with Crippen LogP contribution in [0.15, 0.2) is 82.7 Å². The highest BCUT2D eigenvalue weighted by molar-refractivity contribution is 8.17. The molecule has 0 saturated heterocycles. The van der Waals surface area contributed by atoms with Crippen LogP contribution in [-0.4, -0.2) is 48.7 Å². The number of halogens is 1. The first-order valence-electron chi connectivity index (χ1n) is 12.5. The van der Waals surface area contributed by atoms with Gasteiger partial charge in [-0.15, -0.1) is 0 Å². The fraction of sp³-hybridized carbons (Fsp3) is 0.167. The van der Waals surface area contributed by atoms with Crippen molar-refractivity contribution in [2.45, 2.75) is 6.92 Å². The predicted molar refractivity (Wildman–Crippen MR) is 159 cm³/mol. The zero-order valence-corrected chi connectivity index (χ0v) is 23.4. The zero-order chi connectivity index (χ0) is 28.1. The average molecular weight is 576 g/mol. The fourth-order valence-corrected chi connectivity index (χ4v) is 5.29. The Labute approximate surface area is 241 Å². The monoisotopic (exact) mass is 575 g/mol. The van der Waals surface area contributed by atoms with Crippen molar-refractivity contribution in [3.05, 3.63) is 93.9 Å². The molecule has 0 atom stereocenters. The molecule has 0 aromatic heterocycles. The molecule has 1 amide bonds. The molecule has 8 nitrogen and oxygen atoms in total. The highest BCUT2D eigenvalue weighted by Gasteiger charge is 2.36. The predicted octanol–water partition coefficient (Wildman–Crippen LogP) is 6.51. The van der Waals surface area contributed by atoms with Crippen LogP contribution in [0.3, 0.4) is 0 Å². The molecule has 0 spiro atoms. The van der Waals surface area contributed by atoms with Crippen LogP contribution < -0.4 is 18.9 Å². The first-order chi connectivity index (χ1) is 19.5. The lowest BCUT2D eigenvalue weighted by molar-refractivity contribution is -0.114. The largest absolute Gasteiger partial charge is 0.497 e. The van der Waals surface area contributed by atoms with Gasteiger partial charge in [-0.1, -0.05) is 53.7 Å². The summed E-state index contributed by atoms with van der Waals surface area (Å²) < 4.78 is 22.6. The van der Waals surface area contributed by atoms with Crippen molar-refractivity contribution in [1.29, 1.82) is 5.41 Å². The first-order valence-corrected chi connectivity index (χ1v) is 13.8. The van der Waals surface area contributed by atoms with Gasteiger partial charge in [0, 0.05) is 5.41 Å². The summed E-state index contributed by atoms with van der Waals surface area (Å²) in [4.78, 5) is 18.8. The summed E-state index contributed by atoms with van der Waals surface area (Å²) in [6.45, 7) is 2.76. The SMILES string of the molecule is CCOc1cc(/C=C2/C(=N)N3C(c4ccccc4)=CSC3=NC2=O)cc(Cl)c1OCCOc1ccc(OC)cc1. The molecule has 40 heavy (non-hydrogen) atoms. The Morgan fingerprint density at radius 1 is 1.00 bits per heavy atom. The Morgan fingerprint density at radius 3 is 2.45 bits per heavy atom. The smallest absolute Gasteiger partial charge is 0.283 e. The van der Waals surface area contributed by atoms with Crippen LogP contribution >= 0.6 is 23.4 Å². The van der Waals surface area contributed by atoms with E-state index in [1.807, 2.05) is 66.9 Å². The molecule has 0 bridgehead atoms. The maximum atomic E-state index is 12.9. The number of fused-ring (bicyclic) bond motifs is 1. The third-order valence-electron chi connectivity index (χ3n) is 5.98. The lowest BCUT2D eigenvalue weighted by Gasteiger charge is -2.27. The minimum atomic E-state index is -0.489. The van der Waals surface area contributed by atoms with E-state index in [0.29, 0.717) is 39.6 Å². The summed E-state index contributed by atoms with van der Waals surface area (Å²) in [5, 5.41) is 11.5. The van der Waals surface area contributed by atoms with Gasteiger partial charge in [0.15, 0.2) is 16.7 Å². The maximum Gasteiger partial charge on any atom is 0.283 e. The number of nitrogens with zero attached hydrogens (tertiary/aromatic N) is 2.